The molecule has 0 aromatic heterocycles. The highest BCUT2D eigenvalue weighted by Crippen LogP contribution is 2.34. The fourth-order valence-corrected chi connectivity index (χ4v) is 1.98. The van der Waals surface area contributed by atoms with Crippen molar-refractivity contribution >= 4 is 5.97 Å². The lowest BCUT2D eigenvalue weighted by atomic mass is 9.93. The highest BCUT2D eigenvalue weighted by molar-refractivity contribution is 5.69. The molecule has 1 saturated carbocycles. The summed E-state index contributed by atoms with van der Waals surface area (Å²) in [6.45, 7) is 3.98. The molecule has 1 N–H and O–H groups in total. The SMILES string of the molecule is CC(CCCC1CC1)CC(C)C(=O)O. The van der Waals surface area contributed by atoms with Crippen molar-refractivity contribution < 1.29 is 9.90 Å². The maximum Gasteiger partial charge on any atom is 0.306 e. The monoisotopic (exact) mass is 198 g/mol. The number of hydrogen-bond donors (Lipinski definition) is 1. The summed E-state index contributed by atoms with van der Waals surface area (Å²) in [6.07, 6.45) is 7.55. The van der Waals surface area contributed by atoms with Crippen molar-refractivity contribution in [3.8, 4) is 0 Å². The van der Waals surface area contributed by atoms with Gasteiger partial charge in [0.1, 0.15) is 0 Å². The predicted molar refractivity (Wildman–Crippen MR) is 57.2 cm³/mol. The Bertz CT molecular complexity index is 185. The first kappa shape index (κ1) is 11.5. The third-order valence-corrected chi connectivity index (χ3v) is 3.18. The molecule has 1 fully saturated rings. The van der Waals surface area contributed by atoms with E-state index in [2.05, 4.69) is 6.92 Å². The van der Waals surface area contributed by atoms with Gasteiger partial charge in [0.05, 0.1) is 5.92 Å². The highest BCUT2D eigenvalue weighted by atomic mass is 16.4. The van der Waals surface area contributed by atoms with Crippen LogP contribution in [0.4, 0.5) is 0 Å². The van der Waals surface area contributed by atoms with Gasteiger partial charge in [0.15, 0.2) is 0 Å². The summed E-state index contributed by atoms with van der Waals surface area (Å²) in [6, 6.07) is 0. The minimum absolute atomic E-state index is 0.175. The molecule has 0 aliphatic heterocycles. The second kappa shape index (κ2) is 5.38. The fraction of sp³-hybridized carbons (Fsp3) is 0.917. The molecular formula is C12H22O2. The van der Waals surface area contributed by atoms with Gasteiger partial charge in [0.25, 0.3) is 0 Å². The van der Waals surface area contributed by atoms with Gasteiger partial charge in [0, 0.05) is 0 Å². The van der Waals surface area contributed by atoms with Gasteiger partial charge < -0.3 is 5.11 Å². The molecule has 1 aliphatic carbocycles. The Labute approximate surface area is 86.7 Å². The zero-order valence-corrected chi connectivity index (χ0v) is 9.33. The lowest BCUT2D eigenvalue weighted by molar-refractivity contribution is -0.141. The molecule has 2 heteroatoms. The van der Waals surface area contributed by atoms with Crippen LogP contribution in [0.3, 0.4) is 0 Å². The van der Waals surface area contributed by atoms with Crippen LogP contribution in [-0.4, -0.2) is 11.1 Å². The van der Waals surface area contributed by atoms with E-state index in [1.54, 1.807) is 6.92 Å². The van der Waals surface area contributed by atoms with E-state index in [1.807, 2.05) is 0 Å². The number of rotatable bonds is 7. The number of carbonyl (C=O) groups is 1. The van der Waals surface area contributed by atoms with Crippen molar-refractivity contribution in [3.63, 3.8) is 0 Å². The van der Waals surface area contributed by atoms with Gasteiger partial charge in [-0.3, -0.25) is 4.79 Å². The van der Waals surface area contributed by atoms with Gasteiger partial charge in [0.2, 0.25) is 0 Å². The Balaban J connectivity index is 2.01. The van der Waals surface area contributed by atoms with E-state index in [1.165, 1.54) is 32.1 Å². The van der Waals surface area contributed by atoms with E-state index in [9.17, 15) is 4.79 Å². The van der Waals surface area contributed by atoms with Crippen molar-refractivity contribution in [2.45, 2.75) is 52.4 Å². The first-order valence-electron chi connectivity index (χ1n) is 5.82. The standard InChI is InChI=1S/C12H22O2/c1-9(8-10(2)12(13)14)4-3-5-11-6-7-11/h9-11H,3-8H2,1-2H3,(H,13,14). The first-order chi connectivity index (χ1) is 6.59. The lowest BCUT2D eigenvalue weighted by Crippen LogP contribution is -2.13. The topological polar surface area (TPSA) is 37.3 Å². The average Bonchev–Trinajstić information content (AvgIpc) is 2.87. The smallest absolute Gasteiger partial charge is 0.306 e. The second-order valence-electron chi connectivity index (χ2n) is 4.95. The molecule has 0 aromatic carbocycles. The highest BCUT2D eigenvalue weighted by Gasteiger charge is 2.21. The van der Waals surface area contributed by atoms with Crippen LogP contribution < -0.4 is 0 Å². The number of carboxylic acid groups (broad SMARTS) is 1. The van der Waals surface area contributed by atoms with Crippen LogP contribution in [0.15, 0.2) is 0 Å². The third-order valence-electron chi connectivity index (χ3n) is 3.18. The first-order valence-corrected chi connectivity index (χ1v) is 5.82. The molecule has 0 amide bonds. The summed E-state index contributed by atoms with van der Waals surface area (Å²) in [4.78, 5) is 10.6. The van der Waals surface area contributed by atoms with E-state index in [0.717, 1.165) is 12.3 Å². The van der Waals surface area contributed by atoms with Gasteiger partial charge in [-0.05, 0) is 18.3 Å². The quantitative estimate of drug-likeness (QED) is 0.681. The van der Waals surface area contributed by atoms with Crippen LogP contribution in [0.2, 0.25) is 0 Å². The molecule has 0 aromatic rings. The summed E-state index contributed by atoms with van der Waals surface area (Å²) in [5.41, 5.74) is 0. The summed E-state index contributed by atoms with van der Waals surface area (Å²) >= 11 is 0. The number of hydrogen-bond acceptors (Lipinski definition) is 1. The van der Waals surface area contributed by atoms with E-state index in [-0.39, 0.29) is 5.92 Å². The number of aliphatic carboxylic acids is 1. The minimum atomic E-state index is -0.654. The molecule has 0 radical (unpaired) electrons. The number of carboxylic acids is 1. The summed E-state index contributed by atoms with van der Waals surface area (Å²) in [5, 5.41) is 8.75. The fourth-order valence-electron chi connectivity index (χ4n) is 1.98. The Morgan fingerprint density at radius 1 is 1.43 bits per heavy atom. The van der Waals surface area contributed by atoms with Gasteiger partial charge in [-0.2, -0.15) is 0 Å². The molecular weight excluding hydrogens is 176 g/mol. The molecule has 2 atom stereocenters. The van der Waals surface area contributed by atoms with Crippen LogP contribution in [-0.2, 0) is 4.79 Å². The van der Waals surface area contributed by atoms with Crippen molar-refractivity contribution in [2.75, 3.05) is 0 Å². The van der Waals surface area contributed by atoms with Gasteiger partial charge in [-0.1, -0.05) is 46.0 Å². The normalized spacial score (nSPS) is 20.4. The molecule has 0 bridgehead atoms. The third kappa shape index (κ3) is 4.64. The van der Waals surface area contributed by atoms with Gasteiger partial charge >= 0.3 is 5.97 Å². The van der Waals surface area contributed by atoms with Crippen LogP contribution in [0.25, 0.3) is 0 Å². The van der Waals surface area contributed by atoms with Gasteiger partial charge in [-0.15, -0.1) is 0 Å². The zero-order valence-electron chi connectivity index (χ0n) is 9.33. The lowest BCUT2D eigenvalue weighted by Gasteiger charge is -2.13. The molecule has 1 rings (SSSR count). The molecule has 0 spiro atoms. The van der Waals surface area contributed by atoms with Crippen LogP contribution >= 0.6 is 0 Å². The molecule has 0 saturated heterocycles. The molecule has 14 heavy (non-hydrogen) atoms. The summed E-state index contributed by atoms with van der Waals surface area (Å²) in [5.74, 6) is 0.754. The van der Waals surface area contributed by atoms with E-state index in [0.29, 0.717) is 5.92 Å². The van der Waals surface area contributed by atoms with Crippen molar-refractivity contribution in [1.82, 2.24) is 0 Å². The molecule has 2 nitrogen and oxygen atoms in total. The zero-order chi connectivity index (χ0) is 10.6. The largest absolute Gasteiger partial charge is 0.481 e. The Morgan fingerprint density at radius 2 is 2.07 bits per heavy atom. The van der Waals surface area contributed by atoms with Crippen LogP contribution in [0.5, 0.6) is 0 Å². The molecule has 1 aliphatic rings. The van der Waals surface area contributed by atoms with E-state index in [4.69, 9.17) is 5.11 Å². The summed E-state index contributed by atoms with van der Waals surface area (Å²) < 4.78 is 0. The maximum absolute atomic E-state index is 10.6. The molecule has 2 unspecified atom stereocenters. The predicted octanol–water partition coefficient (Wildman–Crippen LogP) is 3.31. The molecule has 82 valence electrons. The molecule has 0 heterocycles. The van der Waals surface area contributed by atoms with Gasteiger partial charge in [-0.25, -0.2) is 0 Å². The van der Waals surface area contributed by atoms with Crippen molar-refractivity contribution in [3.05, 3.63) is 0 Å². The van der Waals surface area contributed by atoms with Crippen LogP contribution in [0, 0.1) is 17.8 Å². The van der Waals surface area contributed by atoms with Crippen LogP contribution in [0.1, 0.15) is 52.4 Å². The minimum Gasteiger partial charge on any atom is -0.481 e. The Hall–Kier alpha value is -0.530. The average molecular weight is 198 g/mol. The second-order valence-corrected chi connectivity index (χ2v) is 4.95. The van der Waals surface area contributed by atoms with Crippen molar-refractivity contribution in [2.24, 2.45) is 17.8 Å². The summed E-state index contributed by atoms with van der Waals surface area (Å²) in [7, 11) is 0. The Morgan fingerprint density at radius 3 is 2.57 bits per heavy atom. The maximum atomic E-state index is 10.6. The van der Waals surface area contributed by atoms with E-state index < -0.39 is 5.97 Å². The van der Waals surface area contributed by atoms with E-state index >= 15 is 0 Å². The van der Waals surface area contributed by atoms with Crippen molar-refractivity contribution in [1.29, 1.82) is 0 Å². The Kier molecular flexibility index (Phi) is 4.43.